The Morgan fingerprint density at radius 3 is 2.28 bits per heavy atom. The van der Waals surface area contributed by atoms with Crippen molar-refractivity contribution in [2.75, 3.05) is 11.9 Å². The first-order valence-electron chi connectivity index (χ1n) is 9.44. The van der Waals surface area contributed by atoms with E-state index < -0.39 is 6.04 Å². The number of hydrogen-bond acceptors (Lipinski definition) is 5. The second kappa shape index (κ2) is 11.3. The maximum Gasteiger partial charge on any atom is 0.308 e. The minimum Gasteiger partial charge on any atom is -0.466 e. The molecule has 2 amide bonds. The smallest absolute Gasteiger partial charge is 0.308 e. The Morgan fingerprint density at radius 1 is 1.03 bits per heavy atom. The third-order valence-electron chi connectivity index (χ3n) is 4.05. The van der Waals surface area contributed by atoms with Crippen LogP contribution in [0.3, 0.4) is 0 Å². The predicted molar refractivity (Wildman–Crippen MR) is 115 cm³/mol. The highest BCUT2D eigenvalue weighted by Crippen LogP contribution is 2.26. The van der Waals surface area contributed by atoms with Crippen LogP contribution >= 0.6 is 11.8 Å². The second-order valence-corrected chi connectivity index (χ2v) is 7.86. The van der Waals surface area contributed by atoms with Crippen molar-refractivity contribution in [3.05, 3.63) is 60.2 Å². The molecule has 0 saturated heterocycles. The van der Waals surface area contributed by atoms with E-state index in [-0.39, 0.29) is 29.5 Å². The van der Waals surface area contributed by atoms with Crippen LogP contribution in [0.25, 0.3) is 0 Å². The van der Waals surface area contributed by atoms with Gasteiger partial charge in [0.05, 0.1) is 24.3 Å². The maximum atomic E-state index is 12.7. The van der Waals surface area contributed by atoms with Gasteiger partial charge in [0.2, 0.25) is 11.8 Å². The number of thioether (sulfide) groups is 1. The van der Waals surface area contributed by atoms with Crippen LogP contribution in [0, 0.1) is 0 Å². The van der Waals surface area contributed by atoms with Gasteiger partial charge in [-0.25, -0.2) is 0 Å². The first-order valence-corrected chi connectivity index (χ1v) is 10.3. The highest BCUT2D eigenvalue weighted by atomic mass is 32.2. The lowest BCUT2D eigenvalue weighted by atomic mass is 10.0. The summed E-state index contributed by atoms with van der Waals surface area (Å²) in [5, 5.41) is 5.31. The first kappa shape index (κ1) is 22.5. The molecule has 2 unspecified atom stereocenters. The summed E-state index contributed by atoms with van der Waals surface area (Å²) in [6, 6.07) is 16.2. The quantitative estimate of drug-likeness (QED) is 0.480. The van der Waals surface area contributed by atoms with Gasteiger partial charge in [-0.15, -0.1) is 11.8 Å². The Bertz CT molecular complexity index is 824. The molecule has 6 nitrogen and oxygen atoms in total. The summed E-state index contributed by atoms with van der Waals surface area (Å²) in [5.41, 5.74) is 1.56. The van der Waals surface area contributed by atoms with Crippen LogP contribution in [-0.4, -0.2) is 29.6 Å². The molecule has 0 aliphatic carbocycles. The second-order valence-electron chi connectivity index (χ2n) is 6.45. The lowest BCUT2D eigenvalue weighted by Gasteiger charge is -2.21. The van der Waals surface area contributed by atoms with Crippen molar-refractivity contribution in [2.24, 2.45) is 0 Å². The van der Waals surface area contributed by atoms with Gasteiger partial charge in [0.15, 0.2) is 0 Å². The van der Waals surface area contributed by atoms with Crippen LogP contribution in [0.1, 0.15) is 38.8 Å². The molecule has 0 spiro atoms. The van der Waals surface area contributed by atoms with E-state index in [1.54, 1.807) is 19.1 Å². The fourth-order valence-corrected chi connectivity index (χ4v) is 3.57. The van der Waals surface area contributed by atoms with Gasteiger partial charge in [0, 0.05) is 17.5 Å². The average Bonchev–Trinajstić information content (AvgIpc) is 2.69. The maximum absolute atomic E-state index is 12.7. The summed E-state index contributed by atoms with van der Waals surface area (Å²) >= 11 is 1.40. The number of ether oxygens (including phenoxy) is 1. The Labute approximate surface area is 175 Å². The minimum atomic E-state index is -0.451. The van der Waals surface area contributed by atoms with Crippen LogP contribution < -0.4 is 10.6 Å². The van der Waals surface area contributed by atoms with Crippen molar-refractivity contribution in [1.29, 1.82) is 0 Å². The van der Waals surface area contributed by atoms with Crippen LogP contribution in [0.2, 0.25) is 0 Å². The molecule has 0 fully saturated rings. The van der Waals surface area contributed by atoms with Crippen molar-refractivity contribution in [1.82, 2.24) is 5.32 Å². The van der Waals surface area contributed by atoms with Crippen LogP contribution in [-0.2, 0) is 19.1 Å². The third kappa shape index (κ3) is 7.62. The summed E-state index contributed by atoms with van der Waals surface area (Å²) in [6.07, 6.45) is 0.0758. The summed E-state index contributed by atoms with van der Waals surface area (Å²) in [7, 11) is 0. The zero-order chi connectivity index (χ0) is 21.2. The van der Waals surface area contributed by atoms with Gasteiger partial charge in [-0.1, -0.05) is 30.3 Å². The molecule has 2 aromatic carbocycles. The SMILES string of the molecule is CCOC(=O)CC(NC(=O)C(C)Sc1ccc(NC(C)=O)cc1)c1ccccc1. The number of carbonyl (C=O) groups is 3. The van der Waals surface area contributed by atoms with E-state index in [0.717, 1.165) is 10.5 Å². The fraction of sp³-hybridized carbons (Fsp3) is 0.318. The Balaban J connectivity index is 2.01. The Kier molecular flexibility index (Phi) is 8.73. The van der Waals surface area contributed by atoms with Crippen LogP contribution in [0.4, 0.5) is 5.69 Å². The van der Waals surface area contributed by atoms with Crippen LogP contribution in [0.15, 0.2) is 59.5 Å². The molecule has 2 aromatic rings. The van der Waals surface area contributed by atoms with E-state index in [9.17, 15) is 14.4 Å². The highest BCUT2D eigenvalue weighted by molar-refractivity contribution is 8.00. The largest absolute Gasteiger partial charge is 0.466 e. The monoisotopic (exact) mass is 414 g/mol. The molecule has 2 atom stereocenters. The molecular weight excluding hydrogens is 388 g/mol. The molecule has 0 radical (unpaired) electrons. The molecule has 0 aliphatic heterocycles. The number of rotatable bonds is 9. The molecule has 0 heterocycles. The highest BCUT2D eigenvalue weighted by Gasteiger charge is 2.22. The summed E-state index contributed by atoms with van der Waals surface area (Å²) < 4.78 is 5.04. The topological polar surface area (TPSA) is 84.5 Å². The van der Waals surface area contributed by atoms with Crippen molar-refractivity contribution in [2.45, 2.75) is 43.4 Å². The van der Waals surface area contributed by atoms with E-state index in [2.05, 4.69) is 10.6 Å². The number of esters is 1. The third-order valence-corrected chi connectivity index (χ3v) is 5.16. The van der Waals surface area contributed by atoms with Gasteiger partial charge in [0.25, 0.3) is 0 Å². The van der Waals surface area contributed by atoms with Gasteiger partial charge >= 0.3 is 5.97 Å². The summed E-state index contributed by atoms with van der Waals surface area (Å²) in [6.45, 7) is 5.32. The van der Waals surface area contributed by atoms with Gasteiger partial charge in [-0.05, 0) is 43.7 Å². The number of carbonyl (C=O) groups excluding carboxylic acids is 3. The standard InChI is InChI=1S/C22H26N2O4S/c1-4-28-21(26)14-20(17-8-6-5-7-9-17)24-22(27)15(2)29-19-12-10-18(11-13-19)23-16(3)25/h5-13,15,20H,4,14H2,1-3H3,(H,23,25)(H,24,27). The van der Waals surface area contributed by atoms with Gasteiger partial charge in [0.1, 0.15) is 0 Å². The van der Waals surface area contributed by atoms with E-state index >= 15 is 0 Å². The minimum absolute atomic E-state index is 0.0758. The van der Waals surface area contributed by atoms with Gasteiger partial charge < -0.3 is 15.4 Å². The summed E-state index contributed by atoms with van der Waals surface area (Å²) in [4.78, 5) is 36.7. The molecule has 0 aliphatic rings. The van der Waals surface area contributed by atoms with Crippen LogP contribution in [0.5, 0.6) is 0 Å². The van der Waals surface area contributed by atoms with Crippen molar-refractivity contribution in [3.8, 4) is 0 Å². The first-order chi connectivity index (χ1) is 13.9. The van der Waals surface area contributed by atoms with Crippen molar-refractivity contribution in [3.63, 3.8) is 0 Å². The van der Waals surface area contributed by atoms with Gasteiger partial charge in [-0.2, -0.15) is 0 Å². The zero-order valence-electron chi connectivity index (χ0n) is 16.8. The van der Waals surface area contributed by atoms with E-state index in [1.165, 1.54) is 18.7 Å². The Hall–Kier alpha value is -2.80. The molecule has 7 heteroatoms. The molecule has 0 saturated carbocycles. The number of anilines is 1. The number of benzene rings is 2. The number of amides is 2. The average molecular weight is 415 g/mol. The molecule has 2 N–H and O–H groups in total. The Morgan fingerprint density at radius 2 is 1.69 bits per heavy atom. The molecule has 0 bridgehead atoms. The van der Waals surface area contributed by atoms with Gasteiger partial charge in [-0.3, -0.25) is 14.4 Å². The molecular formula is C22H26N2O4S. The van der Waals surface area contributed by atoms with E-state index in [1.807, 2.05) is 49.4 Å². The van der Waals surface area contributed by atoms with E-state index in [4.69, 9.17) is 4.74 Å². The molecule has 154 valence electrons. The lowest BCUT2D eigenvalue weighted by molar-refractivity contribution is -0.143. The fourth-order valence-electron chi connectivity index (χ4n) is 2.69. The summed E-state index contributed by atoms with van der Waals surface area (Å²) in [5.74, 6) is -0.652. The molecule has 2 rings (SSSR count). The predicted octanol–water partition coefficient (Wildman–Crippen LogP) is 3.94. The van der Waals surface area contributed by atoms with Crippen molar-refractivity contribution >= 4 is 35.2 Å². The normalized spacial score (nSPS) is 12.5. The molecule has 29 heavy (non-hydrogen) atoms. The number of hydrogen-bond donors (Lipinski definition) is 2. The lowest BCUT2D eigenvalue weighted by Crippen LogP contribution is -2.35. The van der Waals surface area contributed by atoms with Crippen molar-refractivity contribution < 1.29 is 19.1 Å². The number of nitrogens with one attached hydrogen (secondary N) is 2. The molecule has 0 aromatic heterocycles. The van der Waals surface area contributed by atoms with E-state index in [0.29, 0.717) is 12.3 Å². The zero-order valence-corrected chi connectivity index (χ0v) is 17.6.